The number of amides is 3. The summed E-state index contributed by atoms with van der Waals surface area (Å²) in [6.07, 6.45) is 3.97. The number of fused-ring (bicyclic) bond motifs is 3. The van der Waals surface area contributed by atoms with E-state index in [0.29, 0.717) is 22.6 Å². The smallest absolute Gasteiger partial charge is 0.248 e. The molecule has 2 aromatic carbocycles. The molecule has 19 heteroatoms. The Morgan fingerprint density at radius 3 is 2.41 bits per heavy atom. The summed E-state index contributed by atoms with van der Waals surface area (Å²) in [5, 5.41) is 31.9. The maximum atomic E-state index is 14.3. The summed E-state index contributed by atoms with van der Waals surface area (Å²) in [5.41, 5.74) is 10.0. The molecule has 3 amide bonds. The van der Waals surface area contributed by atoms with Crippen molar-refractivity contribution in [2.75, 3.05) is 13.1 Å². The van der Waals surface area contributed by atoms with Gasteiger partial charge >= 0.3 is 0 Å². The monoisotopic (exact) mass is 999 g/mol. The number of thiophene rings is 1. The third-order valence-corrected chi connectivity index (χ3v) is 15.2. The quantitative estimate of drug-likeness (QED) is 0.0908. The molecule has 1 saturated heterocycles. The minimum Gasteiger partial charge on any atom is -0.473 e. The Morgan fingerprint density at radius 2 is 1.69 bits per heavy atom. The van der Waals surface area contributed by atoms with Crippen LogP contribution in [-0.2, 0) is 20.9 Å². The molecule has 2 aliphatic rings. The van der Waals surface area contributed by atoms with Gasteiger partial charge in [0, 0.05) is 64.6 Å². The van der Waals surface area contributed by atoms with Crippen molar-refractivity contribution in [3.63, 3.8) is 0 Å². The van der Waals surface area contributed by atoms with Crippen LogP contribution in [0, 0.1) is 33.6 Å². The van der Waals surface area contributed by atoms with E-state index < -0.39 is 30.3 Å². The number of rotatable bonds is 15. The predicted octanol–water partition coefficient (Wildman–Crippen LogP) is 7.94. The van der Waals surface area contributed by atoms with Gasteiger partial charge in [0.05, 0.1) is 47.1 Å². The van der Waals surface area contributed by atoms with Crippen molar-refractivity contribution in [1.29, 1.82) is 0 Å². The lowest BCUT2D eigenvalue weighted by atomic mass is 9.99. The van der Waals surface area contributed by atoms with Crippen LogP contribution in [-0.4, -0.2) is 99.3 Å². The van der Waals surface area contributed by atoms with Crippen LogP contribution < -0.4 is 15.4 Å². The number of nitrogens with zero attached hydrogens (tertiary/aromatic N) is 9. The number of halogens is 1. The highest BCUT2D eigenvalue weighted by Crippen LogP contribution is 2.40. The molecule has 0 aliphatic carbocycles. The van der Waals surface area contributed by atoms with Gasteiger partial charge in [-0.1, -0.05) is 61.8 Å². The van der Waals surface area contributed by atoms with E-state index in [2.05, 4.69) is 49.7 Å². The lowest BCUT2D eigenvalue weighted by molar-refractivity contribution is -0.142. The second kappa shape index (κ2) is 20.4. The molecule has 2 aliphatic heterocycles. The first-order chi connectivity index (χ1) is 33.6. The van der Waals surface area contributed by atoms with Gasteiger partial charge in [-0.2, -0.15) is 5.10 Å². The zero-order chi connectivity index (χ0) is 49.4. The van der Waals surface area contributed by atoms with Gasteiger partial charge in [-0.15, -0.1) is 32.9 Å². The van der Waals surface area contributed by atoms with Crippen molar-refractivity contribution in [1.82, 2.24) is 50.0 Å². The number of aromatic nitrogens is 7. The van der Waals surface area contributed by atoms with Crippen LogP contribution in [0.5, 0.6) is 5.88 Å². The highest BCUT2D eigenvalue weighted by molar-refractivity contribution is 7.15. The largest absolute Gasteiger partial charge is 0.473 e. The number of pyridine rings is 1. The van der Waals surface area contributed by atoms with Crippen molar-refractivity contribution in [2.45, 2.75) is 98.2 Å². The standard InChI is InChI=1S/C51H54ClN11O5S2/c1-27(2)46(50(67)61-25-39(64)19-41(61)49(66)55-22-33-8-10-35(11-9-33)47-30(5)56-26-69-47)62-24-37(23-57-62)36-16-17-53-43(18-36)68-28(3)21-54-42(65)20-40-48-60-59-32(7)63(48)51-44(29(4)31(6)70-51)45(58-40)34-12-14-38(52)15-13-34/h8-18,23-24,26-28,39-41,46,64H,19-22,25H2,1-7H3,(H,54,65)(H,55,66)/t28-,39-,40+,41+,46-/m1/s1. The molecule has 7 heterocycles. The van der Waals surface area contributed by atoms with Gasteiger partial charge in [-0.25, -0.2) is 9.97 Å². The van der Waals surface area contributed by atoms with Crippen LogP contribution in [0.25, 0.3) is 26.6 Å². The Hall–Kier alpha value is -6.60. The molecule has 0 saturated carbocycles. The highest BCUT2D eigenvalue weighted by atomic mass is 35.5. The second-order valence-electron chi connectivity index (χ2n) is 18.2. The first-order valence-corrected chi connectivity index (χ1v) is 25.3. The Morgan fingerprint density at radius 1 is 0.929 bits per heavy atom. The topological polar surface area (TPSA) is 195 Å². The molecule has 0 bridgehead atoms. The van der Waals surface area contributed by atoms with Crippen molar-refractivity contribution in [2.24, 2.45) is 10.9 Å². The minimum absolute atomic E-state index is 0.0305. The summed E-state index contributed by atoms with van der Waals surface area (Å²) in [6.45, 7) is 14.3. The number of nitrogens with one attached hydrogen (secondary N) is 2. The van der Waals surface area contributed by atoms with Crippen molar-refractivity contribution in [3.05, 3.63) is 134 Å². The number of hydrogen-bond acceptors (Lipinski definition) is 13. The average Bonchev–Trinajstić information content (AvgIpc) is 4.19. The zero-order valence-corrected chi connectivity index (χ0v) is 42.3. The van der Waals surface area contributed by atoms with E-state index in [-0.39, 0.29) is 56.1 Å². The first-order valence-electron chi connectivity index (χ1n) is 23.2. The maximum absolute atomic E-state index is 14.3. The van der Waals surface area contributed by atoms with E-state index in [4.69, 9.17) is 21.3 Å². The van der Waals surface area contributed by atoms with Gasteiger partial charge in [0.25, 0.3) is 0 Å². The maximum Gasteiger partial charge on any atom is 0.248 e. The minimum atomic E-state index is -0.838. The molecule has 0 radical (unpaired) electrons. The zero-order valence-electron chi connectivity index (χ0n) is 39.9. The van der Waals surface area contributed by atoms with Crippen LogP contribution in [0.1, 0.15) is 90.2 Å². The Labute approximate surface area is 418 Å². The van der Waals surface area contributed by atoms with Crippen LogP contribution in [0.2, 0.25) is 5.02 Å². The Kier molecular flexibility index (Phi) is 14.1. The summed E-state index contributed by atoms with van der Waals surface area (Å²) in [7, 11) is 0. The lowest BCUT2D eigenvalue weighted by Crippen LogP contribution is -2.49. The van der Waals surface area contributed by atoms with E-state index in [1.165, 1.54) is 4.90 Å². The predicted molar refractivity (Wildman–Crippen MR) is 271 cm³/mol. The number of ether oxygens (including phenoxy) is 1. The number of aryl methyl sites for hydroxylation is 3. The van der Waals surface area contributed by atoms with Crippen LogP contribution in [0.3, 0.4) is 0 Å². The molecule has 16 nitrogen and oxygen atoms in total. The van der Waals surface area contributed by atoms with Crippen molar-refractivity contribution < 1.29 is 24.2 Å². The van der Waals surface area contributed by atoms with Gasteiger partial charge in [-0.3, -0.25) is 28.6 Å². The number of carbonyl (C=O) groups excluding carboxylic acids is 3. The second-order valence-corrected chi connectivity index (χ2v) is 20.7. The summed E-state index contributed by atoms with van der Waals surface area (Å²) in [6, 6.07) is 16.9. The Bertz CT molecular complexity index is 3090. The SMILES string of the molecule is Cc1ncsc1-c1ccc(CNC(=O)[C@@H]2C[C@@H](O)CN2C(=O)[C@@H](C(C)C)n2cc(-c3ccnc(O[C@H](C)CNC(=O)C[C@@H]4N=C(c5ccc(Cl)cc5)c5c(sc(C)c5C)-n5c(C)nnc54)c3)cn2)cc1. The van der Waals surface area contributed by atoms with Crippen molar-refractivity contribution >= 4 is 57.7 Å². The number of aliphatic hydroxyl groups is 1. The summed E-state index contributed by atoms with van der Waals surface area (Å²) in [4.78, 5) is 59.4. The van der Waals surface area contributed by atoms with E-state index in [0.717, 1.165) is 65.1 Å². The van der Waals surface area contributed by atoms with E-state index >= 15 is 0 Å². The molecule has 5 atom stereocenters. The molecule has 5 aromatic heterocycles. The van der Waals surface area contributed by atoms with Gasteiger partial charge in [0.2, 0.25) is 23.6 Å². The molecular weight excluding hydrogens is 946 g/mol. The van der Waals surface area contributed by atoms with Gasteiger partial charge in [-0.05, 0) is 81.0 Å². The first kappa shape index (κ1) is 48.4. The number of β-amino-alcohol motifs (C(OH)–C–C–N with tert-alkyl or cyclic N) is 1. The van der Waals surface area contributed by atoms with E-state index in [1.807, 2.05) is 99.3 Å². The van der Waals surface area contributed by atoms with Crippen LogP contribution in [0.4, 0.5) is 0 Å². The Balaban J connectivity index is 0.831. The van der Waals surface area contributed by atoms with Gasteiger partial charge in [0.15, 0.2) is 5.82 Å². The average molecular weight is 1000 g/mol. The van der Waals surface area contributed by atoms with Gasteiger partial charge < -0.3 is 25.4 Å². The molecule has 3 N–H and O–H groups in total. The molecule has 1 fully saturated rings. The number of hydrogen-bond donors (Lipinski definition) is 3. The lowest BCUT2D eigenvalue weighted by Gasteiger charge is -2.30. The summed E-state index contributed by atoms with van der Waals surface area (Å²) >= 11 is 9.51. The van der Waals surface area contributed by atoms with E-state index in [1.54, 1.807) is 52.0 Å². The van der Waals surface area contributed by atoms with E-state index in [9.17, 15) is 19.5 Å². The normalized spacial score (nSPS) is 17.4. The fourth-order valence-corrected chi connectivity index (χ4v) is 11.2. The molecule has 9 rings (SSSR count). The molecular formula is C51H54ClN11O5S2. The molecule has 70 heavy (non-hydrogen) atoms. The number of benzene rings is 2. The number of likely N-dealkylation sites (tertiary alicyclic amines) is 1. The molecule has 0 unspecified atom stereocenters. The molecule has 362 valence electrons. The van der Waals surface area contributed by atoms with Crippen LogP contribution in [0.15, 0.2) is 89.8 Å². The number of aliphatic imine (C=N–C) groups is 1. The summed E-state index contributed by atoms with van der Waals surface area (Å²) in [5.74, 6) is 0.600. The highest BCUT2D eigenvalue weighted by Gasteiger charge is 2.42. The molecule has 0 spiro atoms. The van der Waals surface area contributed by atoms with Gasteiger partial charge in [0.1, 0.15) is 35.1 Å². The van der Waals surface area contributed by atoms with Crippen LogP contribution >= 0.6 is 34.3 Å². The fourth-order valence-electron chi connectivity index (χ4n) is 9.02. The third-order valence-electron chi connectivity index (χ3n) is 12.8. The third kappa shape index (κ3) is 10.0. The number of carbonyl (C=O) groups is 3. The van der Waals surface area contributed by atoms with Crippen molar-refractivity contribution in [3.8, 4) is 32.4 Å². The molecule has 7 aromatic rings. The number of aliphatic hydroxyl groups excluding tert-OH is 1. The fraction of sp³-hybridized carbons (Fsp3) is 0.353. The summed E-state index contributed by atoms with van der Waals surface area (Å²) < 4.78 is 9.85. The number of thiazole rings is 1.